The maximum Gasteiger partial charge on any atom is 0.246 e. The Morgan fingerprint density at radius 2 is 1.64 bits per heavy atom. The van der Waals surface area contributed by atoms with Crippen LogP contribution in [0.2, 0.25) is 0 Å². The quantitative estimate of drug-likeness (QED) is 0.570. The molecule has 2 aromatic carbocycles. The van der Waals surface area contributed by atoms with Crippen molar-refractivity contribution in [1.82, 2.24) is 24.9 Å². The van der Waals surface area contributed by atoms with Crippen LogP contribution in [0.4, 0.5) is 0 Å². The van der Waals surface area contributed by atoms with Crippen LogP contribution in [0.25, 0.3) is 17.3 Å². The minimum Gasteiger partial charge on any atom is -0.358 e. The molecule has 7 heteroatoms. The van der Waals surface area contributed by atoms with Gasteiger partial charge in [0.2, 0.25) is 11.8 Å². The van der Waals surface area contributed by atoms with Crippen molar-refractivity contribution >= 4 is 17.9 Å². The molecule has 7 nitrogen and oxygen atoms in total. The van der Waals surface area contributed by atoms with Crippen molar-refractivity contribution in [1.29, 1.82) is 0 Å². The Kier molecular flexibility index (Phi) is 7.32. The van der Waals surface area contributed by atoms with E-state index in [1.165, 1.54) is 5.56 Å². The van der Waals surface area contributed by atoms with E-state index in [1.807, 2.05) is 70.4 Å². The molecule has 1 saturated heterocycles. The van der Waals surface area contributed by atoms with Gasteiger partial charge in [-0.1, -0.05) is 60.7 Å². The summed E-state index contributed by atoms with van der Waals surface area (Å²) in [6.07, 6.45) is 5.47. The van der Waals surface area contributed by atoms with Gasteiger partial charge < -0.3 is 10.2 Å². The number of benzene rings is 2. The highest BCUT2D eigenvalue weighted by molar-refractivity contribution is 5.93. The zero-order chi connectivity index (χ0) is 23.0. The van der Waals surface area contributed by atoms with Gasteiger partial charge in [0, 0.05) is 56.6 Å². The zero-order valence-electron chi connectivity index (χ0n) is 18.9. The Labute approximate surface area is 194 Å². The molecule has 1 aliphatic rings. The molecule has 0 aliphatic carbocycles. The highest BCUT2D eigenvalue weighted by Gasteiger charge is 2.21. The Balaban J connectivity index is 1.47. The summed E-state index contributed by atoms with van der Waals surface area (Å²) in [5.74, 6) is -0.0277. The molecule has 0 spiro atoms. The van der Waals surface area contributed by atoms with E-state index in [0.717, 1.165) is 16.8 Å². The average Bonchev–Trinajstić information content (AvgIpc) is 3.26. The molecular formula is C26H29N5O2. The summed E-state index contributed by atoms with van der Waals surface area (Å²) in [4.78, 5) is 28.3. The monoisotopic (exact) mass is 443 g/mol. The van der Waals surface area contributed by atoms with Gasteiger partial charge in [-0.3, -0.25) is 19.2 Å². The molecule has 3 aromatic rings. The summed E-state index contributed by atoms with van der Waals surface area (Å²) in [6, 6.07) is 20.2. The lowest BCUT2D eigenvalue weighted by molar-refractivity contribution is -0.128. The van der Waals surface area contributed by atoms with E-state index in [-0.39, 0.29) is 11.8 Å². The van der Waals surface area contributed by atoms with Gasteiger partial charge in [0.05, 0.1) is 18.8 Å². The van der Waals surface area contributed by atoms with Crippen LogP contribution in [0.15, 0.2) is 72.9 Å². The van der Waals surface area contributed by atoms with Crippen LogP contribution in [0.3, 0.4) is 0 Å². The molecule has 2 amide bonds. The smallest absolute Gasteiger partial charge is 0.246 e. The summed E-state index contributed by atoms with van der Waals surface area (Å²) < 4.78 is 1.92. The third-order valence-electron chi connectivity index (χ3n) is 5.76. The lowest BCUT2D eigenvalue weighted by Crippen LogP contribution is -2.50. The van der Waals surface area contributed by atoms with E-state index in [0.29, 0.717) is 39.3 Å². The first-order valence-electron chi connectivity index (χ1n) is 11.2. The maximum atomic E-state index is 12.8. The third-order valence-corrected chi connectivity index (χ3v) is 5.76. The fourth-order valence-corrected chi connectivity index (χ4v) is 3.91. The third kappa shape index (κ3) is 5.96. The van der Waals surface area contributed by atoms with E-state index in [1.54, 1.807) is 13.1 Å². The fraction of sp³-hybridized carbons (Fsp3) is 0.269. The van der Waals surface area contributed by atoms with Crippen LogP contribution in [0.5, 0.6) is 0 Å². The van der Waals surface area contributed by atoms with Gasteiger partial charge in [-0.05, 0) is 11.6 Å². The van der Waals surface area contributed by atoms with Crippen LogP contribution in [0.1, 0.15) is 11.1 Å². The number of piperazine rings is 1. The lowest BCUT2D eigenvalue weighted by Gasteiger charge is -2.33. The van der Waals surface area contributed by atoms with Gasteiger partial charge in [0.15, 0.2) is 0 Å². The molecule has 33 heavy (non-hydrogen) atoms. The number of hydrogen-bond donors (Lipinski definition) is 1. The van der Waals surface area contributed by atoms with Gasteiger partial charge in [-0.15, -0.1) is 0 Å². The van der Waals surface area contributed by atoms with Crippen LogP contribution in [-0.2, 0) is 16.1 Å². The molecule has 0 saturated carbocycles. The van der Waals surface area contributed by atoms with Crippen LogP contribution in [-0.4, -0.2) is 71.2 Å². The predicted molar refractivity (Wildman–Crippen MR) is 129 cm³/mol. The van der Waals surface area contributed by atoms with Gasteiger partial charge in [0.1, 0.15) is 0 Å². The number of amides is 2. The van der Waals surface area contributed by atoms with Gasteiger partial charge >= 0.3 is 0 Å². The van der Waals surface area contributed by atoms with Crippen LogP contribution < -0.4 is 5.32 Å². The fourth-order valence-electron chi connectivity index (χ4n) is 3.91. The standard InChI is InChI=1S/C26H29N5O2/c1-27-24(32)20-29-14-16-30(17-15-29)25(33)13-12-23-19-31(18-21-8-4-2-5-9-21)28-26(23)22-10-6-3-7-11-22/h2-13,19H,14-18,20H2,1H3,(H,27,32). The predicted octanol–water partition coefficient (Wildman–Crippen LogP) is 2.50. The molecule has 1 fully saturated rings. The zero-order valence-corrected chi connectivity index (χ0v) is 18.9. The van der Waals surface area contributed by atoms with Gasteiger partial charge in [-0.2, -0.15) is 5.10 Å². The Morgan fingerprint density at radius 1 is 0.970 bits per heavy atom. The summed E-state index contributed by atoms with van der Waals surface area (Å²) in [7, 11) is 1.64. The number of nitrogens with zero attached hydrogens (tertiary/aromatic N) is 4. The number of aromatic nitrogens is 2. The summed E-state index contributed by atoms with van der Waals surface area (Å²) in [5.41, 5.74) is 3.94. The highest BCUT2D eigenvalue weighted by atomic mass is 16.2. The number of likely N-dealkylation sites (N-methyl/N-ethyl adjacent to an activating group) is 1. The van der Waals surface area contributed by atoms with Crippen molar-refractivity contribution < 1.29 is 9.59 Å². The van der Waals surface area contributed by atoms with E-state index in [4.69, 9.17) is 5.10 Å². The number of nitrogens with one attached hydrogen (secondary N) is 1. The molecule has 2 heterocycles. The van der Waals surface area contributed by atoms with Crippen LogP contribution >= 0.6 is 0 Å². The molecule has 1 aliphatic heterocycles. The number of rotatable bonds is 7. The Morgan fingerprint density at radius 3 is 2.30 bits per heavy atom. The first-order chi connectivity index (χ1) is 16.1. The Hall–Kier alpha value is -3.71. The summed E-state index contributed by atoms with van der Waals surface area (Å²) in [5, 5.41) is 7.45. The second-order valence-corrected chi connectivity index (χ2v) is 8.09. The molecule has 0 radical (unpaired) electrons. The minimum absolute atomic E-state index is 0.00405. The van der Waals surface area contributed by atoms with Crippen molar-refractivity contribution in [3.8, 4) is 11.3 Å². The topological polar surface area (TPSA) is 70.5 Å². The molecule has 1 aromatic heterocycles. The van der Waals surface area contributed by atoms with Crippen LogP contribution in [0, 0.1) is 0 Å². The molecule has 1 N–H and O–H groups in total. The summed E-state index contributed by atoms with van der Waals surface area (Å²) in [6.45, 7) is 3.64. The first kappa shape index (κ1) is 22.5. The van der Waals surface area contributed by atoms with Crippen molar-refractivity contribution in [3.63, 3.8) is 0 Å². The van der Waals surface area contributed by atoms with Gasteiger partial charge in [0.25, 0.3) is 0 Å². The lowest BCUT2D eigenvalue weighted by atomic mass is 10.1. The second kappa shape index (κ2) is 10.7. The molecule has 0 atom stereocenters. The first-order valence-corrected chi connectivity index (χ1v) is 11.2. The van der Waals surface area contributed by atoms with E-state index in [2.05, 4.69) is 22.3 Å². The van der Waals surface area contributed by atoms with Crippen molar-refractivity contribution in [3.05, 3.63) is 84.1 Å². The van der Waals surface area contributed by atoms with E-state index < -0.39 is 0 Å². The average molecular weight is 444 g/mol. The normalized spacial score (nSPS) is 14.5. The minimum atomic E-state index is -0.0237. The largest absolute Gasteiger partial charge is 0.358 e. The SMILES string of the molecule is CNC(=O)CN1CCN(C(=O)C=Cc2cn(Cc3ccccc3)nc2-c2ccccc2)CC1. The molecular weight excluding hydrogens is 414 g/mol. The van der Waals surface area contributed by atoms with Crippen molar-refractivity contribution in [2.75, 3.05) is 39.8 Å². The number of carbonyl (C=O) groups is 2. The van der Waals surface area contributed by atoms with E-state index in [9.17, 15) is 9.59 Å². The van der Waals surface area contributed by atoms with Crippen molar-refractivity contribution in [2.24, 2.45) is 0 Å². The molecule has 0 bridgehead atoms. The highest BCUT2D eigenvalue weighted by Crippen LogP contribution is 2.23. The molecule has 4 rings (SSSR count). The second-order valence-electron chi connectivity index (χ2n) is 8.09. The molecule has 0 unspecified atom stereocenters. The Bertz CT molecular complexity index is 1100. The molecule has 170 valence electrons. The summed E-state index contributed by atoms with van der Waals surface area (Å²) >= 11 is 0. The number of hydrogen-bond acceptors (Lipinski definition) is 4. The maximum absolute atomic E-state index is 12.8. The number of carbonyl (C=O) groups excluding carboxylic acids is 2. The van der Waals surface area contributed by atoms with Crippen molar-refractivity contribution in [2.45, 2.75) is 6.54 Å². The van der Waals surface area contributed by atoms with E-state index >= 15 is 0 Å². The van der Waals surface area contributed by atoms with Gasteiger partial charge in [-0.25, -0.2) is 0 Å².